The van der Waals surface area contributed by atoms with Crippen molar-refractivity contribution in [2.24, 2.45) is 0 Å². The van der Waals surface area contributed by atoms with Gasteiger partial charge >= 0.3 is 6.18 Å². The molecule has 0 aliphatic heterocycles. The van der Waals surface area contributed by atoms with Crippen LogP contribution < -0.4 is 5.32 Å². The first kappa shape index (κ1) is 13.8. The molecule has 2 N–H and O–H groups in total. The van der Waals surface area contributed by atoms with Crippen molar-refractivity contribution in [3.63, 3.8) is 0 Å². The number of hydrogen-bond donors (Lipinski definition) is 2. The third kappa shape index (κ3) is 4.70. The van der Waals surface area contributed by atoms with Crippen LogP contribution in [0.4, 0.5) is 13.2 Å². The summed E-state index contributed by atoms with van der Waals surface area (Å²) in [5.41, 5.74) is -0.316. The van der Waals surface area contributed by atoms with E-state index in [0.717, 1.165) is 32.1 Å². The van der Waals surface area contributed by atoms with Gasteiger partial charge in [0.15, 0.2) is 0 Å². The third-order valence-electron chi connectivity index (χ3n) is 3.25. The predicted molar refractivity (Wildman–Crippen MR) is 56.2 cm³/mol. The molecule has 16 heavy (non-hydrogen) atoms. The van der Waals surface area contributed by atoms with Crippen LogP contribution in [0.15, 0.2) is 0 Å². The van der Waals surface area contributed by atoms with Crippen molar-refractivity contribution in [2.75, 3.05) is 13.2 Å². The quantitative estimate of drug-likeness (QED) is 0.723. The van der Waals surface area contributed by atoms with Gasteiger partial charge in [0.25, 0.3) is 0 Å². The minimum Gasteiger partial charge on any atom is -0.394 e. The molecule has 1 fully saturated rings. The van der Waals surface area contributed by atoms with E-state index in [1.165, 1.54) is 0 Å². The zero-order valence-corrected chi connectivity index (χ0v) is 9.45. The van der Waals surface area contributed by atoms with E-state index < -0.39 is 12.6 Å². The van der Waals surface area contributed by atoms with Crippen molar-refractivity contribution < 1.29 is 18.3 Å². The Kier molecular flexibility index (Phi) is 5.05. The Morgan fingerprint density at radius 3 is 2.25 bits per heavy atom. The predicted octanol–water partition coefficient (Wildman–Crippen LogP) is 2.61. The molecule has 1 rings (SSSR count). The highest BCUT2D eigenvalue weighted by atomic mass is 19.4. The molecule has 0 heterocycles. The van der Waals surface area contributed by atoms with Crippen molar-refractivity contribution in [3.05, 3.63) is 0 Å². The van der Waals surface area contributed by atoms with Crippen molar-refractivity contribution in [1.29, 1.82) is 0 Å². The second-order valence-electron chi connectivity index (χ2n) is 4.64. The highest BCUT2D eigenvalue weighted by molar-refractivity contribution is 4.90. The van der Waals surface area contributed by atoms with Gasteiger partial charge in [-0.15, -0.1) is 0 Å². The lowest BCUT2D eigenvalue weighted by atomic mass is 9.82. The molecule has 0 aromatic carbocycles. The lowest BCUT2D eigenvalue weighted by Gasteiger charge is -2.36. The van der Waals surface area contributed by atoms with Gasteiger partial charge in [0, 0.05) is 12.0 Å². The van der Waals surface area contributed by atoms with E-state index in [1.807, 2.05) is 0 Å². The number of hydrogen-bond acceptors (Lipinski definition) is 2. The van der Waals surface area contributed by atoms with Crippen molar-refractivity contribution >= 4 is 0 Å². The fourth-order valence-corrected chi connectivity index (χ4v) is 2.26. The van der Waals surface area contributed by atoms with Gasteiger partial charge in [-0.3, -0.25) is 0 Å². The van der Waals surface area contributed by atoms with Gasteiger partial charge in [-0.1, -0.05) is 19.3 Å². The first-order valence-corrected chi connectivity index (χ1v) is 5.90. The van der Waals surface area contributed by atoms with Gasteiger partial charge in [-0.05, 0) is 25.8 Å². The van der Waals surface area contributed by atoms with Crippen LogP contribution >= 0.6 is 0 Å². The number of aliphatic hydroxyl groups is 1. The zero-order valence-electron chi connectivity index (χ0n) is 9.45. The standard InChI is InChI=1S/C11H20F3NO/c12-11(13,14)7-4-8-15-10(9-16)5-2-1-3-6-10/h15-16H,1-9H2. The number of alkyl halides is 3. The fourth-order valence-electron chi connectivity index (χ4n) is 2.26. The molecule has 0 aromatic rings. The Morgan fingerprint density at radius 1 is 1.12 bits per heavy atom. The summed E-state index contributed by atoms with van der Waals surface area (Å²) in [4.78, 5) is 0. The van der Waals surface area contributed by atoms with Crippen LogP contribution in [0.1, 0.15) is 44.9 Å². The average Bonchev–Trinajstić information content (AvgIpc) is 2.25. The Bertz CT molecular complexity index is 200. The second-order valence-corrected chi connectivity index (χ2v) is 4.64. The minimum absolute atomic E-state index is 0.0268. The van der Waals surface area contributed by atoms with Crippen LogP contribution in [0.2, 0.25) is 0 Å². The Hall–Kier alpha value is -0.290. The molecule has 0 radical (unpaired) electrons. The van der Waals surface area contributed by atoms with Gasteiger partial charge in [-0.2, -0.15) is 13.2 Å². The number of rotatable bonds is 5. The number of halogens is 3. The van der Waals surface area contributed by atoms with Crippen LogP contribution in [-0.2, 0) is 0 Å². The Morgan fingerprint density at radius 2 is 1.75 bits per heavy atom. The van der Waals surface area contributed by atoms with Crippen molar-refractivity contribution in [2.45, 2.75) is 56.7 Å². The molecule has 0 aromatic heterocycles. The molecule has 5 heteroatoms. The topological polar surface area (TPSA) is 32.3 Å². The molecule has 1 aliphatic rings. The summed E-state index contributed by atoms with van der Waals surface area (Å²) in [7, 11) is 0. The monoisotopic (exact) mass is 239 g/mol. The maximum atomic E-state index is 11.9. The average molecular weight is 239 g/mol. The molecule has 0 bridgehead atoms. The van der Waals surface area contributed by atoms with Crippen LogP contribution in [0.5, 0.6) is 0 Å². The summed E-state index contributed by atoms with van der Waals surface area (Å²) >= 11 is 0. The Balaban J connectivity index is 2.23. The highest BCUT2D eigenvalue weighted by Crippen LogP contribution is 2.28. The van der Waals surface area contributed by atoms with E-state index in [0.29, 0.717) is 6.54 Å². The van der Waals surface area contributed by atoms with Gasteiger partial charge in [-0.25, -0.2) is 0 Å². The van der Waals surface area contributed by atoms with Gasteiger partial charge in [0.05, 0.1) is 6.61 Å². The van der Waals surface area contributed by atoms with Gasteiger partial charge in [0.1, 0.15) is 0 Å². The molecule has 0 spiro atoms. The molecular weight excluding hydrogens is 219 g/mol. The molecule has 96 valence electrons. The lowest BCUT2D eigenvalue weighted by molar-refractivity contribution is -0.135. The zero-order chi connectivity index (χ0) is 12.1. The SMILES string of the molecule is OCC1(NCCCC(F)(F)F)CCCCC1. The molecule has 1 saturated carbocycles. The lowest BCUT2D eigenvalue weighted by Crippen LogP contribution is -2.50. The molecule has 0 saturated heterocycles. The van der Waals surface area contributed by atoms with Crippen LogP contribution in [0.25, 0.3) is 0 Å². The van der Waals surface area contributed by atoms with Crippen LogP contribution in [-0.4, -0.2) is 30.0 Å². The van der Waals surface area contributed by atoms with Crippen LogP contribution in [0, 0.1) is 0 Å². The molecule has 1 aliphatic carbocycles. The summed E-state index contributed by atoms with van der Waals surface area (Å²) in [6.07, 6.45) is 0.268. The van der Waals surface area contributed by atoms with Crippen molar-refractivity contribution in [1.82, 2.24) is 5.32 Å². The molecule has 0 amide bonds. The summed E-state index contributed by atoms with van der Waals surface area (Å²) < 4.78 is 35.8. The summed E-state index contributed by atoms with van der Waals surface area (Å²) in [5, 5.41) is 12.4. The largest absolute Gasteiger partial charge is 0.394 e. The second kappa shape index (κ2) is 5.87. The molecular formula is C11H20F3NO. The summed E-state index contributed by atoms with van der Waals surface area (Å²) in [6, 6.07) is 0. The summed E-state index contributed by atoms with van der Waals surface area (Å²) in [6.45, 7) is 0.360. The molecule has 0 atom stereocenters. The van der Waals surface area contributed by atoms with E-state index in [-0.39, 0.29) is 18.6 Å². The molecule has 2 nitrogen and oxygen atoms in total. The maximum absolute atomic E-state index is 11.9. The fraction of sp³-hybridized carbons (Fsp3) is 1.00. The maximum Gasteiger partial charge on any atom is 0.389 e. The first-order chi connectivity index (χ1) is 7.47. The number of aliphatic hydroxyl groups excluding tert-OH is 1. The third-order valence-corrected chi connectivity index (χ3v) is 3.25. The Labute approximate surface area is 94.2 Å². The first-order valence-electron chi connectivity index (χ1n) is 5.90. The molecule has 0 unspecified atom stereocenters. The van der Waals surface area contributed by atoms with Crippen LogP contribution in [0.3, 0.4) is 0 Å². The van der Waals surface area contributed by atoms with E-state index in [1.54, 1.807) is 0 Å². The van der Waals surface area contributed by atoms with E-state index in [4.69, 9.17) is 0 Å². The highest BCUT2D eigenvalue weighted by Gasteiger charge is 2.31. The van der Waals surface area contributed by atoms with Crippen molar-refractivity contribution in [3.8, 4) is 0 Å². The smallest absolute Gasteiger partial charge is 0.389 e. The van der Waals surface area contributed by atoms with E-state index in [2.05, 4.69) is 5.32 Å². The van der Waals surface area contributed by atoms with E-state index >= 15 is 0 Å². The van der Waals surface area contributed by atoms with Gasteiger partial charge < -0.3 is 10.4 Å². The minimum atomic E-state index is -4.07. The number of nitrogens with one attached hydrogen (secondary N) is 1. The van der Waals surface area contributed by atoms with Gasteiger partial charge in [0.2, 0.25) is 0 Å². The van der Waals surface area contributed by atoms with E-state index in [9.17, 15) is 18.3 Å². The normalized spacial score (nSPS) is 21.0. The summed E-state index contributed by atoms with van der Waals surface area (Å²) in [5.74, 6) is 0.